The van der Waals surface area contributed by atoms with Gasteiger partial charge in [0, 0.05) is 23.8 Å². The zero-order chi connectivity index (χ0) is 13.9. The number of carbonyl (C=O) groups excluding carboxylic acids is 1. The van der Waals surface area contributed by atoms with Gasteiger partial charge in [-0.05, 0) is 43.0 Å². The summed E-state index contributed by atoms with van der Waals surface area (Å²) in [5, 5.41) is 12.9. The molecule has 20 heavy (non-hydrogen) atoms. The molecule has 0 radical (unpaired) electrons. The molecule has 3 rings (SSSR count). The van der Waals surface area contributed by atoms with E-state index in [9.17, 15) is 4.79 Å². The summed E-state index contributed by atoms with van der Waals surface area (Å²) in [5.74, 6) is 0. The van der Waals surface area contributed by atoms with Gasteiger partial charge in [0.05, 0.1) is 6.20 Å². The fraction of sp³-hybridized carbons (Fsp3) is 0.333. The van der Waals surface area contributed by atoms with Gasteiger partial charge < -0.3 is 10.6 Å². The molecule has 0 spiro atoms. The summed E-state index contributed by atoms with van der Waals surface area (Å²) >= 11 is 0. The van der Waals surface area contributed by atoms with Gasteiger partial charge in [0.25, 0.3) is 0 Å². The largest absolute Gasteiger partial charge is 0.335 e. The van der Waals surface area contributed by atoms with Gasteiger partial charge in [-0.1, -0.05) is 12.1 Å². The molecule has 2 amide bonds. The molecule has 0 saturated heterocycles. The van der Waals surface area contributed by atoms with Gasteiger partial charge >= 0.3 is 6.03 Å². The molecule has 5 heteroatoms. The molecule has 0 saturated carbocycles. The van der Waals surface area contributed by atoms with E-state index in [2.05, 4.69) is 20.8 Å². The molecule has 3 N–H and O–H groups in total. The molecule has 1 aliphatic carbocycles. The summed E-state index contributed by atoms with van der Waals surface area (Å²) in [4.78, 5) is 12.0. The highest BCUT2D eigenvalue weighted by Crippen LogP contribution is 2.19. The second-order valence-electron chi connectivity index (χ2n) is 5.28. The average molecular weight is 270 g/mol. The van der Waals surface area contributed by atoms with Gasteiger partial charge in [-0.2, -0.15) is 5.10 Å². The Morgan fingerprint density at radius 1 is 1.45 bits per heavy atom. The first kappa shape index (κ1) is 12.7. The lowest BCUT2D eigenvalue weighted by Crippen LogP contribution is -2.41. The van der Waals surface area contributed by atoms with E-state index in [1.54, 1.807) is 0 Å². The summed E-state index contributed by atoms with van der Waals surface area (Å²) in [7, 11) is 0. The van der Waals surface area contributed by atoms with Crippen LogP contribution in [0.25, 0.3) is 0 Å². The molecule has 2 aromatic rings. The number of hydrogen-bond acceptors (Lipinski definition) is 2. The molecule has 1 unspecified atom stereocenters. The van der Waals surface area contributed by atoms with E-state index in [0.29, 0.717) is 0 Å². The van der Waals surface area contributed by atoms with E-state index in [-0.39, 0.29) is 12.1 Å². The first-order valence-electron chi connectivity index (χ1n) is 6.86. The number of fused-ring (bicyclic) bond motifs is 1. The standard InChI is InChI=1S/C15H18N4O/c1-10-3-2-4-12(7-10)17-15(20)18-13-6-5-11-9-16-19-14(11)8-13/h2-4,7,9,13H,5-6,8H2,1H3,(H,16,19)(H2,17,18,20). The highest BCUT2D eigenvalue weighted by Gasteiger charge is 2.21. The number of nitrogens with one attached hydrogen (secondary N) is 3. The molecule has 1 aromatic heterocycles. The number of H-pyrrole nitrogens is 1. The Morgan fingerprint density at radius 2 is 2.35 bits per heavy atom. The monoisotopic (exact) mass is 270 g/mol. The molecule has 1 atom stereocenters. The molecule has 104 valence electrons. The van der Waals surface area contributed by atoms with E-state index in [4.69, 9.17) is 0 Å². The fourth-order valence-corrected chi connectivity index (χ4v) is 2.61. The van der Waals surface area contributed by atoms with Crippen molar-refractivity contribution < 1.29 is 4.79 Å². The summed E-state index contributed by atoms with van der Waals surface area (Å²) in [6, 6.07) is 7.79. The number of aromatic nitrogens is 2. The first-order valence-corrected chi connectivity index (χ1v) is 6.86. The van der Waals surface area contributed by atoms with Gasteiger partial charge in [0.2, 0.25) is 0 Å². The van der Waals surface area contributed by atoms with E-state index in [1.807, 2.05) is 37.4 Å². The second-order valence-corrected chi connectivity index (χ2v) is 5.28. The molecule has 0 aliphatic heterocycles. The van der Waals surface area contributed by atoms with E-state index >= 15 is 0 Å². The maximum absolute atomic E-state index is 12.0. The number of nitrogens with zero attached hydrogens (tertiary/aromatic N) is 1. The number of carbonyl (C=O) groups is 1. The van der Waals surface area contributed by atoms with Crippen LogP contribution < -0.4 is 10.6 Å². The molecule has 0 fully saturated rings. The number of anilines is 1. The van der Waals surface area contributed by atoms with Gasteiger partial charge in [-0.3, -0.25) is 5.10 Å². The SMILES string of the molecule is Cc1cccc(NC(=O)NC2CCc3cn[nH]c3C2)c1. The predicted molar refractivity (Wildman–Crippen MR) is 77.7 cm³/mol. The van der Waals surface area contributed by atoms with Crippen LogP contribution in [-0.4, -0.2) is 22.3 Å². The van der Waals surface area contributed by atoms with Crippen LogP contribution in [0.15, 0.2) is 30.5 Å². The fourth-order valence-electron chi connectivity index (χ4n) is 2.61. The van der Waals surface area contributed by atoms with Crippen LogP contribution in [0.4, 0.5) is 10.5 Å². The molecular weight excluding hydrogens is 252 g/mol. The van der Waals surface area contributed by atoms with Crippen LogP contribution in [0.5, 0.6) is 0 Å². The number of amides is 2. The van der Waals surface area contributed by atoms with Gasteiger partial charge in [-0.25, -0.2) is 4.79 Å². The van der Waals surface area contributed by atoms with E-state index in [0.717, 1.165) is 36.2 Å². The normalized spacial score (nSPS) is 17.4. The van der Waals surface area contributed by atoms with Crippen LogP contribution in [0.2, 0.25) is 0 Å². The smallest absolute Gasteiger partial charge is 0.319 e. The molecule has 1 aromatic carbocycles. The molecule has 5 nitrogen and oxygen atoms in total. The minimum absolute atomic E-state index is 0.149. The van der Waals surface area contributed by atoms with Gasteiger partial charge in [0.15, 0.2) is 0 Å². The number of rotatable bonds is 2. The Labute approximate surface area is 117 Å². The van der Waals surface area contributed by atoms with Crippen LogP contribution >= 0.6 is 0 Å². The van der Waals surface area contributed by atoms with Crippen molar-refractivity contribution >= 4 is 11.7 Å². The summed E-state index contributed by atoms with van der Waals surface area (Å²) in [6.45, 7) is 2.00. The lowest BCUT2D eigenvalue weighted by molar-refractivity contribution is 0.247. The van der Waals surface area contributed by atoms with Crippen molar-refractivity contribution in [2.45, 2.75) is 32.2 Å². The van der Waals surface area contributed by atoms with E-state index in [1.165, 1.54) is 5.56 Å². The first-order chi connectivity index (χ1) is 9.70. The Bertz CT molecular complexity index is 620. The third-order valence-electron chi connectivity index (χ3n) is 3.63. The van der Waals surface area contributed by atoms with Gasteiger partial charge in [0.1, 0.15) is 0 Å². The van der Waals surface area contributed by atoms with Crippen molar-refractivity contribution in [2.24, 2.45) is 0 Å². The third-order valence-corrected chi connectivity index (χ3v) is 3.63. The lowest BCUT2D eigenvalue weighted by Gasteiger charge is -2.23. The van der Waals surface area contributed by atoms with Crippen LogP contribution in [0, 0.1) is 6.92 Å². The molecular formula is C15H18N4O. The zero-order valence-corrected chi connectivity index (χ0v) is 11.4. The molecule has 1 heterocycles. The van der Waals surface area contributed by atoms with Crippen molar-refractivity contribution in [1.29, 1.82) is 0 Å². The number of urea groups is 1. The minimum atomic E-state index is -0.149. The van der Waals surface area contributed by atoms with Gasteiger partial charge in [-0.15, -0.1) is 0 Å². The lowest BCUT2D eigenvalue weighted by atomic mass is 9.94. The second kappa shape index (κ2) is 5.36. The van der Waals surface area contributed by atoms with Crippen LogP contribution in [0.1, 0.15) is 23.2 Å². The quantitative estimate of drug-likeness (QED) is 0.784. The van der Waals surface area contributed by atoms with Crippen molar-refractivity contribution in [3.05, 3.63) is 47.3 Å². The maximum atomic E-state index is 12.0. The Hall–Kier alpha value is -2.30. The average Bonchev–Trinajstić information content (AvgIpc) is 2.86. The minimum Gasteiger partial charge on any atom is -0.335 e. The van der Waals surface area contributed by atoms with Crippen molar-refractivity contribution in [3.8, 4) is 0 Å². The molecule has 1 aliphatic rings. The third kappa shape index (κ3) is 2.82. The highest BCUT2D eigenvalue weighted by molar-refractivity contribution is 5.89. The van der Waals surface area contributed by atoms with E-state index < -0.39 is 0 Å². The van der Waals surface area contributed by atoms with Crippen molar-refractivity contribution in [3.63, 3.8) is 0 Å². The van der Waals surface area contributed by atoms with Crippen molar-refractivity contribution in [1.82, 2.24) is 15.5 Å². The number of aromatic amines is 1. The maximum Gasteiger partial charge on any atom is 0.319 e. The summed E-state index contributed by atoms with van der Waals surface area (Å²) < 4.78 is 0. The summed E-state index contributed by atoms with van der Waals surface area (Å²) in [6.07, 6.45) is 4.60. The Morgan fingerprint density at radius 3 is 3.20 bits per heavy atom. The Balaban J connectivity index is 1.57. The topological polar surface area (TPSA) is 69.8 Å². The summed E-state index contributed by atoms with van der Waals surface area (Å²) in [5.41, 5.74) is 4.35. The number of benzene rings is 1. The zero-order valence-electron chi connectivity index (χ0n) is 11.4. The van der Waals surface area contributed by atoms with Crippen molar-refractivity contribution in [2.75, 3.05) is 5.32 Å². The highest BCUT2D eigenvalue weighted by atomic mass is 16.2. The van der Waals surface area contributed by atoms with Crippen LogP contribution in [-0.2, 0) is 12.8 Å². The van der Waals surface area contributed by atoms with Crippen LogP contribution in [0.3, 0.4) is 0 Å². The molecule has 0 bridgehead atoms. The Kier molecular flexibility index (Phi) is 3.41. The predicted octanol–water partition coefficient (Wildman–Crippen LogP) is 2.40. The number of aryl methyl sites for hydroxylation is 2. The number of hydrogen-bond donors (Lipinski definition) is 3.